The highest BCUT2D eigenvalue weighted by atomic mass is 35.5. The molecule has 3 rings (SSSR count). The zero-order chi connectivity index (χ0) is 18.4. The van der Waals surface area contributed by atoms with Crippen molar-refractivity contribution in [2.24, 2.45) is 0 Å². The molecule has 1 heterocycles. The number of pyridine rings is 1. The van der Waals surface area contributed by atoms with Crippen LogP contribution in [0.4, 0.5) is 15.8 Å². The molecule has 0 unspecified atom stereocenters. The number of amides is 1. The maximum Gasteiger partial charge on any atom is 0.269 e. The van der Waals surface area contributed by atoms with Crippen LogP contribution < -0.4 is 10.6 Å². The minimum atomic E-state index is -0.350. The van der Waals surface area contributed by atoms with Gasteiger partial charge in [0, 0.05) is 11.6 Å². The molecule has 0 saturated carbocycles. The third kappa shape index (κ3) is 4.80. The van der Waals surface area contributed by atoms with Gasteiger partial charge in [-0.3, -0.25) is 4.79 Å². The summed E-state index contributed by atoms with van der Waals surface area (Å²) in [5.74, 6) is -0.604. The number of halogens is 2. The van der Waals surface area contributed by atoms with Crippen LogP contribution in [0.15, 0.2) is 66.9 Å². The van der Waals surface area contributed by atoms with Gasteiger partial charge in [-0.25, -0.2) is 9.37 Å². The fourth-order valence-corrected chi connectivity index (χ4v) is 2.51. The van der Waals surface area contributed by atoms with Crippen LogP contribution in [-0.2, 0) is 6.42 Å². The molecule has 0 aliphatic carbocycles. The van der Waals surface area contributed by atoms with E-state index < -0.39 is 0 Å². The molecule has 3 aromatic rings. The Morgan fingerprint density at radius 1 is 1.04 bits per heavy atom. The van der Waals surface area contributed by atoms with E-state index in [1.54, 1.807) is 30.3 Å². The van der Waals surface area contributed by atoms with Crippen LogP contribution >= 0.6 is 11.6 Å². The van der Waals surface area contributed by atoms with E-state index in [1.165, 1.54) is 12.3 Å². The summed E-state index contributed by atoms with van der Waals surface area (Å²) in [5.41, 5.74) is 2.36. The quantitative estimate of drug-likeness (QED) is 0.668. The number of nitrogens with zero attached hydrogens (tertiary/aromatic N) is 1. The lowest BCUT2D eigenvalue weighted by Gasteiger charge is -2.08. The molecular formula is C20H17ClFN3O. The number of hydrogen-bond acceptors (Lipinski definition) is 3. The molecule has 2 N–H and O–H groups in total. The second-order valence-electron chi connectivity index (χ2n) is 5.67. The van der Waals surface area contributed by atoms with E-state index in [-0.39, 0.29) is 11.7 Å². The van der Waals surface area contributed by atoms with E-state index in [4.69, 9.17) is 11.6 Å². The first-order valence-electron chi connectivity index (χ1n) is 8.12. The van der Waals surface area contributed by atoms with Crippen LogP contribution in [0.2, 0.25) is 5.02 Å². The third-order valence-corrected chi connectivity index (χ3v) is 4.01. The van der Waals surface area contributed by atoms with Crippen molar-refractivity contribution in [3.8, 4) is 0 Å². The summed E-state index contributed by atoms with van der Waals surface area (Å²) < 4.78 is 13.6. The van der Waals surface area contributed by atoms with Gasteiger partial charge in [0.15, 0.2) is 0 Å². The lowest BCUT2D eigenvalue weighted by molar-refractivity contribution is 0.0949. The minimum Gasteiger partial charge on any atom is -0.352 e. The Hall–Kier alpha value is -2.92. The number of aromatic nitrogens is 1. The molecule has 2 aromatic carbocycles. The standard InChI is InChI=1S/C20H17ClFN3O/c21-15-7-5-14(6-8-15)11-12-23-20(26)19-10-9-16(13-24-19)25-18-4-2-1-3-17(18)22/h1-10,13,25H,11-12H2,(H,23,26). The van der Waals surface area contributed by atoms with Gasteiger partial charge in [-0.1, -0.05) is 35.9 Å². The Morgan fingerprint density at radius 2 is 1.81 bits per heavy atom. The van der Waals surface area contributed by atoms with Gasteiger partial charge in [0.1, 0.15) is 11.5 Å². The SMILES string of the molecule is O=C(NCCc1ccc(Cl)cc1)c1ccc(Nc2ccccc2F)cn1. The van der Waals surface area contributed by atoms with Gasteiger partial charge in [0.25, 0.3) is 5.91 Å². The van der Waals surface area contributed by atoms with Crippen LogP contribution in [-0.4, -0.2) is 17.4 Å². The van der Waals surface area contributed by atoms with Crippen LogP contribution in [0, 0.1) is 5.82 Å². The number of nitrogens with one attached hydrogen (secondary N) is 2. The van der Waals surface area contributed by atoms with Gasteiger partial charge >= 0.3 is 0 Å². The van der Waals surface area contributed by atoms with Crippen molar-refractivity contribution >= 4 is 28.9 Å². The van der Waals surface area contributed by atoms with Crippen molar-refractivity contribution in [3.05, 3.63) is 89.0 Å². The zero-order valence-electron chi connectivity index (χ0n) is 13.9. The fraction of sp³-hybridized carbons (Fsp3) is 0.100. The maximum absolute atomic E-state index is 13.6. The van der Waals surface area contributed by atoms with Crippen LogP contribution in [0.5, 0.6) is 0 Å². The number of hydrogen-bond donors (Lipinski definition) is 2. The first-order chi connectivity index (χ1) is 12.6. The molecule has 1 amide bonds. The Bertz CT molecular complexity index is 882. The average molecular weight is 370 g/mol. The molecule has 0 atom stereocenters. The second-order valence-corrected chi connectivity index (χ2v) is 6.11. The highest BCUT2D eigenvalue weighted by Crippen LogP contribution is 2.18. The molecule has 0 spiro atoms. The molecule has 0 fully saturated rings. The molecule has 132 valence electrons. The molecule has 4 nitrogen and oxygen atoms in total. The van der Waals surface area contributed by atoms with Gasteiger partial charge < -0.3 is 10.6 Å². The predicted octanol–water partition coefficient (Wildman–Crippen LogP) is 4.59. The summed E-state index contributed by atoms with van der Waals surface area (Å²) in [7, 11) is 0. The third-order valence-electron chi connectivity index (χ3n) is 3.76. The lowest BCUT2D eigenvalue weighted by Crippen LogP contribution is -2.26. The number of anilines is 2. The summed E-state index contributed by atoms with van der Waals surface area (Å²) in [6.07, 6.45) is 2.20. The van der Waals surface area contributed by atoms with Gasteiger partial charge in [-0.05, 0) is 48.4 Å². The number of benzene rings is 2. The van der Waals surface area contributed by atoms with Crippen LogP contribution in [0.25, 0.3) is 0 Å². The molecule has 0 aliphatic heterocycles. The van der Waals surface area contributed by atoms with Crippen molar-refractivity contribution < 1.29 is 9.18 Å². The number of carbonyl (C=O) groups is 1. The van der Waals surface area contributed by atoms with E-state index in [9.17, 15) is 9.18 Å². The Balaban J connectivity index is 1.53. The summed E-state index contributed by atoms with van der Waals surface area (Å²) in [6.45, 7) is 0.497. The molecule has 0 saturated heterocycles. The summed E-state index contributed by atoms with van der Waals surface area (Å²) in [5, 5.41) is 6.44. The minimum absolute atomic E-state index is 0.253. The molecule has 0 bridgehead atoms. The number of carbonyl (C=O) groups excluding carboxylic acids is 1. The normalized spacial score (nSPS) is 10.4. The van der Waals surface area contributed by atoms with E-state index >= 15 is 0 Å². The van der Waals surface area contributed by atoms with Crippen LogP contribution in [0.1, 0.15) is 16.1 Å². The van der Waals surface area contributed by atoms with E-state index in [1.807, 2.05) is 24.3 Å². The number of para-hydroxylation sites is 1. The van der Waals surface area contributed by atoms with Crippen molar-refractivity contribution in [2.75, 3.05) is 11.9 Å². The monoisotopic (exact) mass is 369 g/mol. The van der Waals surface area contributed by atoms with Crippen molar-refractivity contribution in [2.45, 2.75) is 6.42 Å². The van der Waals surface area contributed by atoms with E-state index in [0.717, 1.165) is 5.56 Å². The molecular weight excluding hydrogens is 353 g/mol. The molecule has 0 radical (unpaired) electrons. The highest BCUT2D eigenvalue weighted by Gasteiger charge is 2.07. The maximum atomic E-state index is 13.6. The van der Waals surface area contributed by atoms with Gasteiger partial charge in [0.2, 0.25) is 0 Å². The Labute approximate surface area is 156 Å². The Morgan fingerprint density at radius 3 is 2.50 bits per heavy atom. The summed E-state index contributed by atoms with van der Waals surface area (Å²) in [6, 6.07) is 17.1. The molecule has 6 heteroatoms. The largest absolute Gasteiger partial charge is 0.352 e. The van der Waals surface area contributed by atoms with Crippen LogP contribution in [0.3, 0.4) is 0 Å². The topological polar surface area (TPSA) is 54.0 Å². The molecule has 26 heavy (non-hydrogen) atoms. The fourth-order valence-electron chi connectivity index (χ4n) is 2.38. The summed E-state index contributed by atoms with van der Waals surface area (Å²) >= 11 is 5.84. The van der Waals surface area contributed by atoms with E-state index in [2.05, 4.69) is 15.6 Å². The van der Waals surface area contributed by atoms with Gasteiger partial charge in [-0.2, -0.15) is 0 Å². The highest BCUT2D eigenvalue weighted by molar-refractivity contribution is 6.30. The molecule has 0 aliphatic rings. The van der Waals surface area contributed by atoms with E-state index in [0.29, 0.717) is 35.1 Å². The number of rotatable bonds is 6. The summed E-state index contributed by atoms with van der Waals surface area (Å²) in [4.78, 5) is 16.3. The average Bonchev–Trinajstić information content (AvgIpc) is 2.66. The smallest absolute Gasteiger partial charge is 0.269 e. The van der Waals surface area contributed by atoms with Crippen molar-refractivity contribution in [1.82, 2.24) is 10.3 Å². The second kappa shape index (κ2) is 8.45. The molecule has 1 aromatic heterocycles. The first kappa shape index (κ1) is 17.9. The zero-order valence-corrected chi connectivity index (χ0v) is 14.6. The van der Waals surface area contributed by atoms with Crippen molar-refractivity contribution in [1.29, 1.82) is 0 Å². The predicted molar refractivity (Wildman–Crippen MR) is 101 cm³/mol. The lowest BCUT2D eigenvalue weighted by atomic mass is 10.1. The van der Waals surface area contributed by atoms with Crippen molar-refractivity contribution in [3.63, 3.8) is 0 Å². The Kier molecular flexibility index (Phi) is 5.81. The van der Waals surface area contributed by atoms with Gasteiger partial charge in [0.05, 0.1) is 17.6 Å². The first-order valence-corrected chi connectivity index (χ1v) is 8.50. The van der Waals surface area contributed by atoms with Gasteiger partial charge in [-0.15, -0.1) is 0 Å².